The molecule has 5 nitrogen and oxygen atoms in total. The monoisotopic (exact) mass is 294 g/mol. The topological polar surface area (TPSA) is 75.4 Å². The highest BCUT2D eigenvalue weighted by molar-refractivity contribution is 5.71. The number of carbonyl (C=O) groups is 1. The minimum atomic E-state index is -0.670. The molecule has 1 aromatic heterocycles. The molecule has 2 N–H and O–H groups in total. The quantitative estimate of drug-likeness (QED) is 0.893. The molecule has 1 aliphatic carbocycles. The van der Waals surface area contributed by atoms with Gasteiger partial charge in [0.15, 0.2) is 0 Å². The van der Waals surface area contributed by atoms with Crippen molar-refractivity contribution in [1.29, 1.82) is 0 Å². The van der Waals surface area contributed by atoms with Crippen molar-refractivity contribution in [3.05, 3.63) is 17.0 Å². The molecule has 3 atom stereocenters. The van der Waals surface area contributed by atoms with E-state index < -0.39 is 5.97 Å². The van der Waals surface area contributed by atoms with E-state index in [0.717, 1.165) is 36.4 Å². The molecule has 0 aromatic carbocycles. The standard InChI is InChI=1S/C16H26N2O3/c1-9-14(7-6-13(15(19)20)16(9,4)5)17-8-12-10(2)18-21-11(12)3/h9,13-14,17H,6-8H2,1-5H3,(H,19,20). The minimum Gasteiger partial charge on any atom is -0.481 e. The number of hydrogen-bond donors (Lipinski definition) is 2. The van der Waals surface area contributed by atoms with E-state index in [1.54, 1.807) is 0 Å². The van der Waals surface area contributed by atoms with Crippen molar-refractivity contribution < 1.29 is 14.4 Å². The van der Waals surface area contributed by atoms with E-state index in [9.17, 15) is 9.90 Å². The summed E-state index contributed by atoms with van der Waals surface area (Å²) in [5.41, 5.74) is 1.83. The first-order valence-corrected chi connectivity index (χ1v) is 7.63. The summed E-state index contributed by atoms with van der Waals surface area (Å²) < 4.78 is 5.18. The van der Waals surface area contributed by atoms with Crippen LogP contribution in [0.2, 0.25) is 0 Å². The predicted molar refractivity (Wildman–Crippen MR) is 79.9 cm³/mol. The third-order valence-electron chi connectivity index (χ3n) is 5.46. The van der Waals surface area contributed by atoms with Crippen LogP contribution in [0.3, 0.4) is 0 Å². The molecule has 1 aromatic rings. The van der Waals surface area contributed by atoms with Crippen molar-refractivity contribution >= 4 is 5.97 Å². The van der Waals surface area contributed by atoms with Gasteiger partial charge in [0.2, 0.25) is 0 Å². The van der Waals surface area contributed by atoms with Crippen LogP contribution in [-0.4, -0.2) is 22.3 Å². The summed E-state index contributed by atoms with van der Waals surface area (Å²) >= 11 is 0. The molecule has 0 amide bonds. The summed E-state index contributed by atoms with van der Waals surface area (Å²) in [5.74, 6) is 0.222. The van der Waals surface area contributed by atoms with Crippen LogP contribution < -0.4 is 5.32 Å². The molecule has 0 bridgehead atoms. The Hall–Kier alpha value is -1.36. The molecule has 1 heterocycles. The minimum absolute atomic E-state index is 0.208. The number of nitrogens with zero attached hydrogens (tertiary/aromatic N) is 1. The van der Waals surface area contributed by atoms with Crippen molar-refractivity contribution in [2.24, 2.45) is 17.3 Å². The van der Waals surface area contributed by atoms with Crippen molar-refractivity contribution in [1.82, 2.24) is 10.5 Å². The first-order chi connectivity index (χ1) is 9.75. The number of aliphatic carboxylic acids is 1. The van der Waals surface area contributed by atoms with Gasteiger partial charge in [0, 0.05) is 18.2 Å². The van der Waals surface area contributed by atoms with Crippen LogP contribution in [0.25, 0.3) is 0 Å². The Morgan fingerprint density at radius 3 is 2.62 bits per heavy atom. The van der Waals surface area contributed by atoms with Gasteiger partial charge in [0.05, 0.1) is 11.6 Å². The van der Waals surface area contributed by atoms with Crippen LogP contribution in [0.1, 0.15) is 50.6 Å². The summed E-state index contributed by atoms with van der Waals surface area (Å²) in [6, 6.07) is 0.323. The molecule has 2 rings (SSSR count). The smallest absolute Gasteiger partial charge is 0.307 e. The molecule has 21 heavy (non-hydrogen) atoms. The fraction of sp³-hybridized carbons (Fsp3) is 0.750. The second kappa shape index (κ2) is 5.79. The molecule has 3 unspecified atom stereocenters. The first kappa shape index (κ1) is 16.0. The van der Waals surface area contributed by atoms with Gasteiger partial charge in [0.25, 0.3) is 0 Å². The van der Waals surface area contributed by atoms with E-state index in [-0.39, 0.29) is 11.3 Å². The van der Waals surface area contributed by atoms with Gasteiger partial charge in [-0.25, -0.2) is 0 Å². The number of carboxylic acids is 1. The summed E-state index contributed by atoms with van der Waals surface area (Å²) in [6.07, 6.45) is 1.62. The third kappa shape index (κ3) is 2.98. The lowest BCUT2D eigenvalue weighted by atomic mass is 9.61. The summed E-state index contributed by atoms with van der Waals surface area (Å²) in [5, 5.41) is 16.9. The van der Waals surface area contributed by atoms with Crippen LogP contribution in [0, 0.1) is 31.1 Å². The Morgan fingerprint density at radius 1 is 1.43 bits per heavy atom. The maximum atomic E-state index is 11.4. The zero-order valence-corrected chi connectivity index (χ0v) is 13.6. The van der Waals surface area contributed by atoms with E-state index >= 15 is 0 Å². The van der Waals surface area contributed by atoms with Gasteiger partial charge in [0.1, 0.15) is 5.76 Å². The lowest BCUT2D eigenvalue weighted by Crippen LogP contribution is -2.50. The van der Waals surface area contributed by atoms with E-state index in [4.69, 9.17) is 4.52 Å². The molecule has 0 saturated heterocycles. The van der Waals surface area contributed by atoms with Gasteiger partial charge in [-0.1, -0.05) is 25.9 Å². The van der Waals surface area contributed by atoms with Crippen LogP contribution in [0.5, 0.6) is 0 Å². The number of hydrogen-bond acceptors (Lipinski definition) is 4. The summed E-state index contributed by atoms with van der Waals surface area (Å²) in [4.78, 5) is 11.4. The Balaban J connectivity index is 2.04. The fourth-order valence-electron chi connectivity index (χ4n) is 3.51. The molecule has 1 saturated carbocycles. The van der Waals surface area contributed by atoms with E-state index in [1.807, 2.05) is 13.8 Å². The Bertz CT molecular complexity index is 502. The number of aryl methyl sites for hydroxylation is 2. The number of nitrogens with one attached hydrogen (secondary N) is 1. The average Bonchev–Trinajstić information content (AvgIpc) is 2.71. The first-order valence-electron chi connectivity index (χ1n) is 7.63. The van der Waals surface area contributed by atoms with Crippen LogP contribution in [0.15, 0.2) is 4.52 Å². The highest BCUT2D eigenvalue weighted by Gasteiger charge is 2.46. The molecular weight excluding hydrogens is 268 g/mol. The van der Waals surface area contributed by atoms with Crippen LogP contribution >= 0.6 is 0 Å². The van der Waals surface area contributed by atoms with Crippen molar-refractivity contribution in [3.63, 3.8) is 0 Å². The zero-order valence-electron chi connectivity index (χ0n) is 13.6. The third-order valence-corrected chi connectivity index (χ3v) is 5.46. The molecule has 0 radical (unpaired) electrons. The zero-order chi connectivity index (χ0) is 15.8. The van der Waals surface area contributed by atoms with Gasteiger partial charge in [-0.3, -0.25) is 4.79 Å². The van der Waals surface area contributed by atoms with Gasteiger partial charge < -0.3 is 14.9 Å². The van der Waals surface area contributed by atoms with Crippen molar-refractivity contribution in [3.8, 4) is 0 Å². The normalized spacial score (nSPS) is 28.5. The average molecular weight is 294 g/mol. The van der Waals surface area contributed by atoms with E-state index in [0.29, 0.717) is 12.0 Å². The maximum Gasteiger partial charge on any atom is 0.307 e. The van der Waals surface area contributed by atoms with Gasteiger partial charge in [-0.2, -0.15) is 0 Å². The highest BCUT2D eigenvalue weighted by atomic mass is 16.5. The van der Waals surface area contributed by atoms with Gasteiger partial charge in [-0.15, -0.1) is 0 Å². The second-order valence-corrected chi connectivity index (χ2v) is 6.87. The molecule has 5 heteroatoms. The molecule has 118 valence electrons. The van der Waals surface area contributed by atoms with Crippen LogP contribution in [-0.2, 0) is 11.3 Å². The Morgan fingerprint density at radius 2 is 2.10 bits per heavy atom. The Labute approximate surface area is 126 Å². The fourth-order valence-corrected chi connectivity index (χ4v) is 3.51. The molecule has 0 spiro atoms. The number of rotatable bonds is 4. The summed E-state index contributed by atoms with van der Waals surface area (Å²) in [6.45, 7) is 10.9. The molecular formula is C16H26N2O3. The molecule has 1 aliphatic rings. The lowest BCUT2D eigenvalue weighted by molar-refractivity contribution is -0.150. The van der Waals surface area contributed by atoms with Crippen molar-refractivity contribution in [2.45, 2.75) is 60.0 Å². The maximum absolute atomic E-state index is 11.4. The second-order valence-electron chi connectivity index (χ2n) is 6.87. The number of carboxylic acid groups (broad SMARTS) is 1. The largest absolute Gasteiger partial charge is 0.481 e. The lowest BCUT2D eigenvalue weighted by Gasteiger charge is -2.46. The van der Waals surface area contributed by atoms with Gasteiger partial charge >= 0.3 is 5.97 Å². The number of aromatic nitrogens is 1. The SMILES string of the molecule is Cc1noc(C)c1CNC1CCC(C(=O)O)C(C)(C)C1C. The predicted octanol–water partition coefficient (Wildman–Crippen LogP) is 2.91. The Kier molecular flexibility index (Phi) is 4.42. The molecule has 0 aliphatic heterocycles. The van der Waals surface area contributed by atoms with Crippen LogP contribution in [0.4, 0.5) is 0 Å². The van der Waals surface area contributed by atoms with Gasteiger partial charge in [-0.05, 0) is 38.0 Å². The van der Waals surface area contributed by atoms with E-state index in [1.165, 1.54) is 0 Å². The van der Waals surface area contributed by atoms with E-state index in [2.05, 4.69) is 31.2 Å². The highest BCUT2D eigenvalue weighted by Crippen LogP contribution is 2.45. The molecule has 1 fully saturated rings. The summed E-state index contributed by atoms with van der Waals surface area (Å²) in [7, 11) is 0. The van der Waals surface area contributed by atoms with Crippen molar-refractivity contribution in [2.75, 3.05) is 0 Å².